The predicted molar refractivity (Wildman–Crippen MR) is 67.5 cm³/mol. The van der Waals surface area contributed by atoms with Crippen molar-refractivity contribution in [2.75, 3.05) is 11.9 Å². The second-order valence-corrected chi connectivity index (χ2v) is 4.58. The van der Waals surface area contributed by atoms with Crippen LogP contribution in [0.3, 0.4) is 0 Å². The quantitative estimate of drug-likeness (QED) is 0.771. The number of rotatable bonds is 5. The normalized spacial score (nSPS) is 17.2. The van der Waals surface area contributed by atoms with Crippen LogP contribution in [0.25, 0.3) is 0 Å². The van der Waals surface area contributed by atoms with Crippen LogP contribution in [0.15, 0.2) is 25.0 Å². The van der Waals surface area contributed by atoms with Gasteiger partial charge in [0.05, 0.1) is 0 Å². The van der Waals surface area contributed by atoms with E-state index in [9.17, 15) is 0 Å². The lowest BCUT2D eigenvalue weighted by Crippen LogP contribution is -2.19. The lowest BCUT2D eigenvalue weighted by Gasteiger charge is -2.22. The Morgan fingerprint density at radius 3 is 3.00 bits per heavy atom. The van der Waals surface area contributed by atoms with Crippen molar-refractivity contribution in [1.29, 1.82) is 0 Å². The van der Waals surface area contributed by atoms with Gasteiger partial charge in [-0.2, -0.15) is 0 Å². The van der Waals surface area contributed by atoms with E-state index < -0.39 is 0 Å². The van der Waals surface area contributed by atoms with Gasteiger partial charge >= 0.3 is 0 Å². The van der Waals surface area contributed by atoms with Crippen LogP contribution in [-0.2, 0) is 6.54 Å². The zero-order valence-electron chi connectivity index (χ0n) is 9.86. The lowest BCUT2D eigenvalue weighted by atomic mass is 9.89. The summed E-state index contributed by atoms with van der Waals surface area (Å²) in [7, 11) is 0. The van der Waals surface area contributed by atoms with Crippen molar-refractivity contribution in [3.05, 3.63) is 25.0 Å². The molecule has 0 atom stereocenters. The Hall–Kier alpha value is -1.25. The fourth-order valence-corrected chi connectivity index (χ4v) is 2.39. The molecule has 1 aromatic rings. The summed E-state index contributed by atoms with van der Waals surface area (Å²) < 4.78 is 2.09. The van der Waals surface area contributed by atoms with Crippen LogP contribution >= 0.6 is 0 Å². The zero-order chi connectivity index (χ0) is 11.2. The first-order valence-corrected chi connectivity index (χ1v) is 6.26. The van der Waals surface area contributed by atoms with Gasteiger partial charge in [0, 0.05) is 25.5 Å². The minimum Gasteiger partial charge on any atom is -0.355 e. The fourth-order valence-electron chi connectivity index (χ4n) is 2.39. The first-order chi connectivity index (χ1) is 7.90. The van der Waals surface area contributed by atoms with Crippen molar-refractivity contribution in [1.82, 2.24) is 9.55 Å². The van der Waals surface area contributed by atoms with Gasteiger partial charge in [-0.15, -0.1) is 6.58 Å². The molecular weight excluding hydrogens is 198 g/mol. The molecule has 3 nitrogen and oxygen atoms in total. The molecule has 3 heteroatoms. The SMILES string of the molecule is C=CCn1ccnc1NCC1CCCCC1. The third kappa shape index (κ3) is 2.87. The molecule has 0 bridgehead atoms. The van der Waals surface area contributed by atoms with Crippen LogP contribution in [0.4, 0.5) is 5.95 Å². The maximum absolute atomic E-state index is 4.32. The molecule has 0 aromatic carbocycles. The first kappa shape index (κ1) is 11.2. The van der Waals surface area contributed by atoms with Crippen LogP contribution in [0.5, 0.6) is 0 Å². The summed E-state index contributed by atoms with van der Waals surface area (Å²) in [5, 5.41) is 3.45. The molecule has 1 saturated carbocycles. The maximum Gasteiger partial charge on any atom is 0.203 e. The third-order valence-electron chi connectivity index (χ3n) is 3.31. The van der Waals surface area contributed by atoms with Gasteiger partial charge in [-0.25, -0.2) is 4.98 Å². The van der Waals surface area contributed by atoms with Gasteiger partial charge in [-0.1, -0.05) is 25.3 Å². The predicted octanol–water partition coefficient (Wildman–Crippen LogP) is 3.06. The summed E-state index contributed by atoms with van der Waals surface area (Å²) in [4.78, 5) is 4.32. The summed E-state index contributed by atoms with van der Waals surface area (Å²) in [6, 6.07) is 0. The second-order valence-electron chi connectivity index (χ2n) is 4.58. The molecular formula is C13H21N3. The van der Waals surface area contributed by atoms with E-state index in [4.69, 9.17) is 0 Å². The van der Waals surface area contributed by atoms with Crippen LogP contribution in [0.1, 0.15) is 32.1 Å². The average molecular weight is 219 g/mol. The summed E-state index contributed by atoms with van der Waals surface area (Å²) in [6.07, 6.45) is 12.7. The molecule has 0 spiro atoms. The van der Waals surface area contributed by atoms with Crippen molar-refractivity contribution < 1.29 is 0 Å². The highest BCUT2D eigenvalue weighted by atomic mass is 15.2. The largest absolute Gasteiger partial charge is 0.355 e. The van der Waals surface area contributed by atoms with Gasteiger partial charge in [0.15, 0.2) is 0 Å². The molecule has 2 rings (SSSR count). The zero-order valence-corrected chi connectivity index (χ0v) is 9.86. The summed E-state index contributed by atoms with van der Waals surface area (Å²) in [5.74, 6) is 1.81. The Morgan fingerprint density at radius 2 is 2.25 bits per heavy atom. The number of nitrogens with one attached hydrogen (secondary N) is 1. The molecule has 1 heterocycles. The van der Waals surface area contributed by atoms with Crippen molar-refractivity contribution in [3.63, 3.8) is 0 Å². The minimum atomic E-state index is 0.826. The Bertz CT molecular complexity index is 324. The topological polar surface area (TPSA) is 29.9 Å². The van der Waals surface area contributed by atoms with Gasteiger partial charge in [0.2, 0.25) is 5.95 Å². The summed E-state index contributed by atoms with van der Waals surface area (Å²) in [6.45, 7) is 5.64. The van der Waals surface area contributed by atoms with Crippen LogP contribution in [0, 0.1) is 5.92 Å². The van der Waals surface area contributed by atoms with Crippen LogP contribution in [-0.4, -0.2) is 16.1 Å². The highest BCUT2D eigenvalue weighted by molar-refractivity contribution is 5.26. The van der Waals surface area contributed by atoms with E-state index in [0.29, 0.717) is 0 Å². The molecule has 1 aliphatic carbocycles. The molecule has 1 aromatic heterocycles. The van der Waals surface area contributed by atoms with Crippen molar-refractivity contribution in [2.24, 2.45) is 5.92 Å². The Morgan fingerprint density at radius 1 is 1.44 bits per heavy atom. The van der Waals surface area contributed by atoms with E-state index in [-0.39, 0.29) is 0 Å². The minimum absolute atomic E-state index is 0.826. The average Bonchev–Trinajstić information content (AvgIpc) is 2.76. The Labute approximate surface area is 97.6 Å². The number of imidazole rings is 1. The van der Waals surface area contributed by atoms with E-state index in [0.717, 1.165) is 25.0 Å². The number of anilines is 1. The molecule has 0 amide bonds. The molecule has 0 radical (unpaired) electrons. The van der Waals surface area contributed by atoms with Gasteiger partial charge in [-0.05, 0) is 18.8 Å². The molecule has 1 N–H and O–H groups in total. The van der Waals surface area contributed by atoms with E-state index in [1.165, 1.54) is 32.1 Å². The van der Waals surface area contributed by atoms with E-state index in [1.807, 2.05) is 18.5 Å². The summed E-state index contributed by atoms with van der Waals surface area (Å²) >= 11 is 0. The molecule has 88 valence electrons. The fraction of sp³-hybridized carbons (Fsp3) is 0.615. The van der Waals surface area contributed by atoms with E-state index in [1.54, 1.807) is 0 Å². The summed E-state index contributed by atoms with van der Waals surface area (Å²) in [5.41, 5.74) is 0. The molecule has 0 aliphatic heterocycles. The van der Waals surface area contributed by atoms with Crippen LogP contribution in [0.2, 0.25) is 0 Å². The molecule has 0 saturated heterocycles. The first-order valence-electron chi connectivity index (χ1n) is 6.26. The number of hydrogen-bond acceptors (Lipinski definition) is 2. The number of nitrogens with zero attached hydrogens (tertiary/aromatic N) is 2. The van der Waals surface area contributed by atoms with Gasteiger partial charge in [0.25, 0.3) is 0 Å². The van der Waals surface area contributed by atoms with E-state index in [2.05, 4.69) is 21.4 Å². The highest BCUT2D eigenvalue weighted by Gasteiger charge is 2.13. The number of allylic oxidation sites excluding steroid dienone is 1. The molecule has 1 fully saturated rings. The van der Waals surface area contributed by atoms with Gasteiger partial charge < -0.3 is 9.88 Å². The lowest BCUT2D eigenvalue weighted by molar-refractivity contribution is 0.372. The highest BCUT2D eigenvalue weighted by Crippen LogP contribution is 2.23. The van der Waals surface area contributed by atoms with Crippen molar-refractivity contribution >= 4 is 5.95 Å². The van der Waals surface area contributed by atoms with Crippen LogP contribution < -0.4 is 5.32 Å². The Balaban J connectivity index is 1.83. The van der Waals surface area contributed by atoms with Crippen molar-refractivity contribution in [2.45, 2.75) is 38.6 Å². The van der Waals surface area contributed by atoms with Gasteiger partial charge in [-0.3, -0.25) is 0 Å². The molecule has 1 aliphatic rings. The van der Waals surface area contributed by atoms with Crippen molar-refractivity contribution in [3.8, 4) is 0 Å². The number of aromatic nitrogens is 2. The monoisotopic (exact) mass is 219 g/mol. The second kappa shape index (κ2) is 5.73. The molecule has 0 unspecified atom stereocenters. The maximum atomic E-state index is 4.32. The molecule has 16 heavy (non-hydrogen) atoms. The van der Waals surface area contributed by atoms with Gasteiger partial charge in [0.1, 0.15) is 0 Å². The third-order valence-corrected chi connectivity index (χ3v) is 3.31. The number of hydrogen-bond donors (Lipinski definition) is 1. The standard InChI is InChI=1S/C13H21N3/c1-2-9-16-10-8-14-13(16)15-11-12-6-4-3-5-7-12/h2,8,10,12H,1,3-7,9,11H2,(H,14,15). The van der Waals surface area contributed by atoms with E-state index >= 15 is 0 Å². The Kier molecular flexibility index (Phi) is 4.03. The smallest absolute Gasteiger partial charge is 0.203 e.